The van der Waals surface area contributed by atoms with Gasteiger partial charge in [-0.25, -0.2) is 27.2 Å². The number of sulfonamides is 1. The van der Waals surface area contributed by atoms with Gasteiger partial charge in [0.1, 0.15) is 5.82 Å². The molecule has 1 aliphatic rings. The normalized spacial score (nSPS) is 20.2. The molecule has 1 aromatic carbocycles. The first kappa shape index (κ1) is 20.4. The van der Waals surface area contributed by atoms with E-state index in [1.807, 2.05) is 0 Å². The molecule has 1 aliphatic heterocycles. The van der Waals surface area contributed by atoms with Crippen LogP contribution in [0.3, 0.4) is 0 Å². The summed E-state index contributed by atoms with van der Waals surface area (Å²) < 4.78 is 58.4. The van der Waals surface area contributed by atoms with Crippen molar-refractivity contribution in [2.75, 3.05) is 18.1 Å². The number of aromatic nitrogens is 3. The van der Waals surface area contributed by atoms with Gasteiger partial charge in [0.25, 0.3) is 0 Å². The topological polar surface area (TPSA) is 97.3 Å². The maximum atomic E-state index is 14.0. The Morgan fingerprint density at radius 3 is 2.83 bits per heavy atom. The SMILES string of the molecule is CS(=O)(=O)N1CCC(Nc2ncc3ccncc3n2)CC1Oc1ccc(F)cc1F. The number of ether oxygens (including phenoxy) is 1. The third-order valence-corrected chi connectivity index (χ3v) is 6.08. The lowest BCUT2D eigenvalue weighted by molar-refractivity contribution is 0.0477. The highest BCUT2D eigenvalue weighted by molar-refractivity contribution is 7.88. The average molecular weight is 435 g/mol. The second-order valence-electron chi connectivity index (χ2n) is 7.01. The van der Waals surface area contributed by atoms with E-state index in [0.29, 0.717) is 24.0 Å². The number of piperidine rings is 1. The molecule has 2 aromatic heterocycles. The van der Waals surface area contributed by atoms with E-state index in [4.69, 9.17) is 4.74 Å². The molecule has 4 rings (SSSR count). The summed E-state index contributed by atoms with van der Waals surface area (Å²) in [7, 11) is -3.60. The van der Waals surface area contributed by atoms with Gasteiger partial charge in [-0.2, -0.15) is 4.31 Å². The maximum absolute atomic E-state index is 14.0. The quantitative estimate of drug-likeness (QED) is 0.658. The summed E-state index contributed by atoms with van der Waals surface area (Å²) in [4.78, 5) is 12.7. The van der Waals surface area contributed by atoms with Crippen LogP contribution >= 0.6 is 0 Å². The predicted molar refractivity (Wildman–Crippen MR) is 106 cm³/mol. The lowest BCUT2D eigenvalue weighted by Crippen LogP contribution is -2.51. The minimum atomic E-state index is -3.60. The predicted octanol–water partition coefficient (Wildman–Crippen LogP) is 2.54. The zero-order chi connectivity index (χ0) is 21.3. The number of halogens is 2. The van der Waals surface area contributed by atoms with Crippen LogP contribution in [0.4, 0.5) is 14.7 Å². The smallest absolute Gasteiger partial charge is 0.223 e. The fourth-order valence-electron chi connectivity index (χ4n) is 3.37. The number of pyridine rings is 1. The van der Waals surface area contributed by atoms with Gasteiger partial charge in [-0.05, 0) is 24.6 Å². The van der Waals surface area contributed by atoms with Crippen LogP contribution in [-0.2, 0) is 10.0 Å². The Bertz CT molecular complexity index is 1180. The summed E-state index contributed by atoms with van der Waals surface area (Å²) in [5.41, 5.74) is 0.671. The van der Waals surface area contributed by atoms with Gasteiger partial charge >= 0.3 is 0 Å². The van der Waals surface area contributed by atoms with Gasteiger partial charge in [0.2, 0.25) is 16.0 Å². The number of rotatable bonds is 5. The van der Waals surface area contributed by atoms with Crippen LogP contribution in [0.25, 0.3) is 10.9 Å². The van der Waals surface area contributed by atoms with E-state index < -0.39 is 27.9 Å². The van der Waals surface area contributed by atoms with Crippen LogP contribution in [0.2, 0.25) is 0 Å². The number of hydrogen-bond donors (Lipinski definition) is 1. The number of anilines is 1. The third-order valence-electron chi connectivity index (χ3n) is 4.81. The van der Waals surface area contributed by atoms with Gasteiger partial charge < -0.3 is 10.1 Å². The molecule has 158 valence electrons. The third kappa shape index (κ3) is 4.46. The zero-order valence-electron chi connectivity index (χ0n) is 16.0. The zero-order valence-corrected chi connectivity index (χ0v) is 16.8. The standard InChI is InChI=1S/C19H19F2N5O3S/c1-30(27,28)26-7-5-14(9-18(26)29-17-3-2-13(20)8-15(17)21)24-19-23-10-12-4-6-22-11-16(12)25-19/h2-4,6,8,10-11,14,18H,5,7,9H2,1H3,(H,23,24,25). The number of nitrogens with one attached hydrogen (secondary N) is 1. The molecule has 2 unspecified atom stereocenters. The largest absolute Gasteiger partial charge is 0.471 e. The van der Waals surface area contributed by atoms with Crippen molar-refractivity contribution in [2.45, 2.75) is 25.1 Å². The van der Waals surface area contributed by atoms with Crippen molar-refractivity contribution in [1.82, 2.24) is 19.3 Å². The molecule has 0 bridgehead atoms. The van der Waals surface area contributed by atoms with E-state index in [1.54, 1.807) is 24.7 Å². The summed E-state index contributed by atoms with van der Waals surface area (Å²) in [6.45, 7) is 0.166. The van der Waals surface area contributed by atoms with Crippen molar-refractivity contribution in [1.29, 1.82) is 0 Å². The molecule has 0 radical (unpaired) electrons. The lowest BCUT2D eigenvalue weighted by Gasteiger charge is -2.37. The van der Waals surface area contributed by atoms with Crippen LogP contribution < -0.4 is 10.1 Å². The Kier molecular flexibility index (Phi) is 5.48. The Labute approximate surface area is 172 Å². The molecule has 8 nitrogen and oxygen atoms in total. The van der Waals surface area contributed by atoms with Crippen LogP contribution in [0, 0.1) is 11.6 Å². The summed E-state index contributed by atoms with van der Waals surface area (Å²) in [5.74, 6) is -1.49. The molecular weight excluding hydrogens is 416 g/mol. The first-order valence-corrected chi connectivity index (χ1v) is 11.1. The maximum Gasteiger partial charge on any atom is 0.223 e. The molecule has 1 fully saturated rings. The number of fused-ring (bicyclic) bond motifs is 1. The second kappa shape index (κ2) is 8.07. The molecule has 0 amide bonds. The van der Waals surface area contributed by atoms with Crippen molar-refractivity contribution in [3.8, 4) is 5.75 Å². The molecule has 11 heteroatoms. The Morgan fingerprint density at radius 2 is 2.07 bits per heavy atom. The van der Waals surface area contributed by atoms with Crippen molar-refractivity contribution in [3.63, 3.8) is 0 Å². The monoisotopic (exact) mass is 435 g/mol. The Hall–Kier alpha value is -2.92. The van der Waals surface area contributed by atoms with E-state index >= 15 is 0 Å². The molecule has 0 spiro atoms. The van der Waals surface area contributed by atoms with E-state index in [0.717, 1.165) is 23.8 Å². The summed E-state index contributed by atoms with van der Waals surface area (Å²) >= 11 is 0. The minimum Gasteiger partial charge on any atom is -0.471 e. The molecule has 1 saturated heterocycles. The van der Waals surface area contributed by atoms with E-state index in [-0.39, 0.29) is 24.8 Å². The first-order chi connectivity index (χ1) is 14.3. The molecule has 1 N–H and O–H groups in total. The lowest BCUT2D eigenvalue weighted by atomic mass is 10.1. The summed E-state index contributed by atoms with van der Waals surface area (Å²) in [5, 5.41) is 4.02. The first-order valence-electron chi connectivity index (χ1n) is 9.21. The van der Waals surface area contributed by atoms with E-state index in [9.17, 15) is 17.2 Å². The van der Waals surface area contributed by atoms with Crippen molar-refractivity contribution < 1.29 is 21.9 Å². The average Bonchev–Trinajstić information content (AvgIpc) is 2.69. The summed E-state index contributed by atoms with van der Waals surface area (Å²) in [6.07, 6.45) is 5.74. The van der Waals surface area contributed by atoms with Crippen molar-refractivity contribution >= 4 is 26.9 Å². The molecule has 30 heavy (non-hydrogen) atoms. The highest BCUT2D eigenvalue weighted by Crippen LogP contribution is 2.27. The molecule has 0 saturated carbocycles. The second-order valence-corrected chi connectivity index (χ2v) is 8.95. The van der Waals surface area contributed by atoms with E-state index in [1.165, 1.54) is 4.31 Å². The number of nitrogens with zero attached hydrogens (tertiary/aromatic N) is 4. The van der Waals surface area contributed by atoms with E-state index in [2.05, 4.69) is 20.3 Å². The highest BCUT2D eigenvalue weighted by atomic mass is 32.2. The minimum absolute atomic E-state index is 0.166. The van der Waals surface area contributed by atoms with Gasteiger partial charge in [0.15, 0.2) is 17.8 Å². The van der Waals surface area contributed by atoms with Crippen molar-refractivity contribution in [2.24, 2.45) is 0 Å². The molecule has 0 aliphatic carbocycles. The molecular formula is C19H19F2N5O3S. The number of hydrogen-bond acceptors (Lipinski definition) is 7. The van der Waals surface area contributed by atoms with Gasteiger partial charge in [-0.15, -0.1) is 0 Å². The van der Waals surface area contributed by atoms with Gasteiger partial charge in [0.05, 0.1) is 18.0 Å². The Morgan fingerprint density at radius 1 is 1.23 bits per heavy atom. The van der Waals surface area contributed by atoms with Crippen LogP contribution in [0.15, 0.2) is 42.9 Å². The number of benzene rings is 1. The Balaban J connectivity index is 1.54. The fourth-order valence-corrected chi connectivity index (χ4v) is 4.36. The van der Waals surface area contributed by atoms with Gasteiger partial charge in [-0.3, -0.25) is 4.98 Å². The molecule has 3 aromatic rings. The molecule has 2 atom stereocenters. The fraction of sp³-hybridized carbons (Fsp3) is 0.316. The molecule has 3 heterocycles. The van der Waals surface area contributed by atoms with Crippen LogP contribution in [-0.4, -0.2) is 52.7 Å². The summed E-state index contributed by atoms with van der Waals surface area (Å²) in [6, 6.07) is 4.46. The highest BCUT2D eigenvalue weighted by Gasteiger charge is 2.36. The van der Waals surface area contributed by atoms with Crippen LogP contribution in [0.5, 0.6) is 5.75 Å². The van der Waals surface area contributed by atoms with Gasteiger partial charge in [0, 0.05) is 42.9 Å². The van der Waals surface area contributed by atoms with Crippen LogP contribution in [0.1, 0.15) is 12.8 Å². The van der Waals surface area contributed by atoms with Crippen molar-refractivity contribution in [3.05, 3.63) is 54.5 Å². The van der Waals surface area contributed by atoms with Gasteiger partial charge in [-0.1, -0.05) is 0 Å².